The second-order valence-corrected chi connectivity index (χ2v) is 4.82. The molecule has 0 atom stereocenters. The predicted octanol–water partition coefficient (Wildman–Crippen LogP) is 1.59. The number of nitrogens with zero attached hydrogens (tertiary/aromatic N) is 2. The number of aryl methyl sites for hydroxylation is 1. The van der Waals surface area contributed by atoms with Crippen molar-refractivity contribution in [1.82, 2.24) is 10.4 Å². The van der Waals surface area contributed by atoms with Crippen molar-refractivity contribution in [1.29, 1.82) is 0 Å². The van der Waals surface area contributed by atoms with Crippen LogP contribution in [0.5, 0.6) is 5.75 Å². The Morgan fingerprint density at radius 1 is 1.41 bits per heavy atom. The van der Waals surface area contributed by atoms with Crippen molar-refractivity contribution in [3.63, 3.8) is 0 Å². The van der Waals surface area contributed by atoms with Crippen LogP contribution in [0.2, 0.25) is 0 Å². The van der Waals surface area contributed by atoms with E-state index >= 15 is 0 Å². The Hall–Kier alpha value is -2.85. The molecule has 0 aliphatic carbocycles. The number of ether oxygens (including phenoxy) is 1. The monoisotopic (exact) mass is 296 g/mol. The van der Waals surface area contributed by atoms with E-state index in [-0.39, 0.29) is 5.56 Å². The molecule has 112 valence electrons. The van der Waals surface area contributed by atoms with Gasteiger partial charge < -0.3 is 9.72 Å². The quantitative estimate of drug-likeness (QED) is 0.902. The average molecular weight is 296 g/mol. The van der Waals surface area contributed by atoms with Gasteiger partial charge >= 0.3 is 0 Å². The van der Waals surface area contributed by atoms with Crippen molar-refractivity contribution in [3.05, 3.63) is 45.8 Å². The molecule has 2 N–H and O–H groups in total. The van der Waals surface area contributed by atoms with E-state index < -0.39 is 0 Å². The van der Waals surface area contributed by atoms with Crippen LogP contribution in [0.4, 0.5) is 0 Å². The van der Waals surface area contributed by atoms with Crippen LogP contribution < -0.4 is 15.7 Å². The van der Waals surface area contributed by atoms with Crippen molar-refractivity contribution in [2.24, 2.45) is 10.1 Å². The van der Waals surface area contributed by atoms with E-state index in [1.54, 1.807) is 19.3 Å². The van der Waals surface area contributed by atoms with Crippen molar-refractivity contribution in [2.45, 2.75) is 13.3 Å². The molecule has 6 nitrogen and oxygen atoms in total. The van der Waals surface area contributed by atoms with E-state index in [4.69, 9.17) is 4.74 Å². The minimum atomic E-state index is -0.144. The molecule has 0 amide bonds. The highest BCUT2D eigenvalue weighted by molar-refractivity contribution is 6.11. The van der Waals surface area contributed by atoms with Crippen LogP contribution in [-0.2, 0) is 6.42 Å². The topological polar surface area (TPSA) is 78.8 Å². The van der Waals surface area contributed by atoms with Gasteiger partial charge in [-0.1, -0.05) is 6.92 Å². The van der Waals surface area contributed by atoms with Gasteiger partial charge in [0.05, 0.1) is 24.7 Å². The number of amidine groups is 1. The Bertz CT molecular complexity index is 874. The van der Waals surface area contributed by atoms with E-state index in [1.165, 1.54) is 0 Å². The number of hydrogen-bond donors (Lipinski definition) is 2. The number of aliphatic imine (C=N–C) groups is 1. The average Bonchev–Trinajstić information content (AvgIpc) is 2.81. The molecular formula is C16H16N4O2. The first kappa shape index (κ1) is 14.1. The predicted molar refractivity (Wildman–Crippen MR) is 87.0 cm³/mol. The maximum absolute atomic E-state index is 12.0. The summed E-state index contributed by atoms with van der Waals surface area (Å²) in [6, 6.07) is 5.45. The summed E-state index contributed by atoms with van der Waals surface area (Å²) in [5.41, 5.74) is 5.10. The first-order valence-corrected chi connectivity index (χ1v) is 7.05. The summed E-state index contributed by atoms with van der Waals surface area (Å²) in [5, 5.41) is 4.92. The fraction of sp³-hybridized carbons (Fsp3) is 0.250. The maximum Gasteiger partial charge on any atom is 0.248 e. The number of aromatic amines is 1. The lowest BCUT2D eigenvalue weighted by atomic mass is 10.0. The van der Waals surface area contributed by atoms with Gasteiger partial charge in [0, 0.05) is 23.4 Å². The second kappa shape index (κ2) is 5.87. The molecule has 1 aromatic carbocycles. The summed E-state index contributed by atoms with van der Waals surface area (Å²) in [6.07, 6.45) is 2.49. The molecule has 0 spiro atoms. The maximum atomic E-state index is 12.0. The van der Waals surface area contributed by atoms with Crippen molar-refractivity contribution >= 4 is 22.6 Å². The summed E-state index contributed by atoms with van der Waals surface area (Å²) >= 11 is 0. The van der Waals surface area contributed by atoms with Crippen LogP contribution in [0, 0.1) is 0 Å². The van der Waals surface area contributed by atoms with Crippen LogP contribution in [0.3, 0.4) is 0 Å². The zero-order valence-electron chi connectivity index (χ0n) is 12.4. The molecule has 0 bridgehead atoms. The molecule has 0 unspecified atom stereocenters. The molecule has 3 rings (SSSR count). The SMILES string of the molecule is CCc1cc(=O)[nH]c2c(C3=NCC=C=NN3)c(OC)ccc12. The van der Waals surface area contributed by atoms with Crippen LogP contribution in [0.15, 0.2) is 39.2 Å². The number of H-pyrrole nitrogens is 1. The summed E-state index contributed by atoms with van der Waals surface area (Å²) in [4.78, 5) is 19.3. The first-order chi connectivity index (χ1) is 10.7. The molecule has 22 heavy (non-hydrogen) atoms. The number of hydrazone groups is 1. The van der Waals surface area contributed by atoms with Crippen molar-refractivity contribution in [3.8, 4) is 5.75 Å². The normalized spacial score (nSPS) is 13.6. The summed E-state index contributed by atoms with van der Waals surface area (Å²) in [6.45, 7) is 2.48. The van der Waals surface area contributed by atoms with E-state index in [9.17, 15) is 4.79 Å². The highest BCUT2D eigenvalue weighted by Gasteiger charge is 2.17. The minimum absolute atomic E-state index is 0.144. The number of benzene rings is 1. The van der Waals surface area contributed by atoms with Crippen LogP contribution in [-0.4, -0.2) is 30.3 Å². The molecular weight excluding hydrogens is 280 g/mol. The van der Waals surface area contributed by atoms with E-state index in [0.717, 1.165) is 17.4 Å². The Morgan fingerprint density at radius 2 is 2.27 bits per heavy atom. The van der Waals surface area contributed by atoms with Gasteiger partial charge in [0.2, 0.25) is 5.56 Å². The summed E-state index contributed by atoms with van der Waals surface area (Å²) < 4.78 is 5.45. The second-order valence-electron chi connectivity index (χ2n) is 4.82. The number of hydrogen-bond acceptors (Lipinski definition) is 5. The van der Waals surface area contributed by atoms with Gasteiger partial charge in [0.1, 0.15) is 5.75 Å². The third-order valence-electron chi connectivity index (χ3n) is 3.56. The van der Waals surface area contributed by atoms with Crippen LogP contribution in [0.25, 0.3) is 10.9 Å². The molecule has 0 saturated heterocycles. The summed E-state index contributed by atoms with van der Waals surface area (Å²) in [7, 11) is 1.59. The Labute approximate surface area is 127 Å². The Morgan fingerprint density at radius 3 is 3.05 bits per heavy atom. The molecule has 1 aliphatic heterocycles. The number of nitrogens with one attached hydrogen (secondary N) is 2. The fourth-order valence-corrected chi connectivity index (χ4v) is 2.55. The fourth-order valence-electron chi connectivity index (χ4n) is 2.55. The lowest BCUT2D eigenvalue weighted by Gasteiger charge is -2.14. The molecule has 1 aromatic heterocycles. The molecule has 0 radical (unpaired) electrons. The summed E-state index contributed by atoms with van der Waals surface area (Å²) in [5.74, 6) is 3.90. The van der Waals surface area contributed by atoms with Gasteiger partial charge in [0.15, 0.2) is 5.84 Å². The lowest BCUT2D eigenvalue weighted by molar-refractivity contribution is 0.414. The smallest absolute Gasteiger partial charge is 0.248 e. The van der Waals surface area contributed by atoms with Crippen molar-refractivity contribution in [2.75, 3.05) is 13.7 Å². The highest BCUT2D eigenvalue weighted by Crippen LogP contribution is 2.28. The zero-order valence-corrected chi connectivity index (χ0v) is 12.4. The Balaban J connectivity index is 2.35. The third kappa shape index (κ3) is 2.40. The van der Waals surface area contributed by atoms with Gasteiger partial charge in [-0.05, 0) is 24.1 Å². The molecule has 2 aromatic rings. The van der Waals surface area contributed by atoms with E-state index in [0.29, 0.717) is 29.2 Å². The standard InChI is InChI=1S/C16H16N4O2/c1-3-10-9-13(21)19-15-11(10)5-6-12(22-2)14(15)16-17-7-4-8-18-20-16/h4-6,9H,3,7H2,1-2H3,(H,17,20)(H,19,21). The zero-order chi connectivity index (χ0) is 15.5. The Kier molecular flexibility index (Phi) is 3.76. The first-order valence-electron chi connectivity index (χ1n) is 7.05. The molecule has 2 heterocycles. The molecule has 6 heteroatoms. The number of fused-ring (bicyclic) bond motifs is 1. The third-order valence-corrected chi connectivity index (χ3v) is 3.56. The van der Waals surface area contributed by atoms with Gasteiger partial charge in [-0.25, -0.2) is 0 Å². The van der Waals surface area contributed by atoms with E-state index in [2.05, 4.69) is 26.4 Å². The van der Waals surface area contributed by atoms with Gasteiger partial charge in [-0.3, -0.25) is 15.2 Å². The number of pyridine rings is 1. The largest absolute Gasteiger partial charge is 0.496 e. The number of methoxy groups -OCH3 is 1. The van der Waals surface area contributed by atoms with Crippen LogP contribution in [0.1, 0.15) is 18.1 Å². The van der Waals surface area contributed by atoms with Gasteiger partial charge in [0.25, 0.3) is 0 Å². The van der Waals surface area contributed by atoms with E-state index in [1.807, 2.05) is 19.1 Å². The molecule has 0 fully saturated rings. The number of aromatic nitrogens is 1. The number of rotatable bonds is 3. The lowest BCUT2D eigenvalue weighted by Crippen LogP contribution is -2.21. The molecule has 0 saturated carbocycles. The van der Waals surface area contributed by atoms with Crippen molar-refractivity contribution < 1.29 is 4.74 Å². The minimum Gasteiger partial charge on any atom is -0.496 e. The van der Waals surface area contributed by atoms with Crippen LogP contribution >= 0.6 is 0 Å². The highest BCUT2D eigenvalue weighted by atomic mass is 16.5. The van der Waals surface area contributed by atoms with Gasteiger partial charge in [-0.2, -0.15) is 0 Å². The molecule has 1 aliphatic rings. The van der Waals surface area contributed by atoms with Gasteiger partial charge in [-0.15, -0.1) is 5.10 Å².